The molecule has 4 heterocycles. The fourth-order valence-corrected chi connectivity index (χ4v) is 2.66. The highest BCUT2D eigenvalue weighted by Gasteiger charge is 2.16. The number of hydrogen-bond donors (Lipinski definition) is 2. The zero-order valence-electron chi connectivity index (χ0n) is 13.6. The smallest absolute Gasteiger partial charge is 0.224 e. The molecule has 0 radical (unpaired) electrons. The number of nitrogens with zero attached hydrogens (tertiary/aromatic N) is 5. The van der Waals surface area contributed by atoms with Gasteiger partial charge in [0.2, 0.25) is 5.95 Å². The van der Waals surface area contributed by atoms with E-state index < -0.39 is 5.67 Å². The summed E-state index contributed by atoms with van der Waals surface area (Å²) in [5.41, 5.74) is 1.47. The number of halogens is 2. The van der Waals surface area contributed by atoms with Crippen molar-refractivity contribution >= 4 is 34.2 Å². The molecule has 0 unspecified atom stereocenters. The second kappa shape index (κ2) is 5.66. The minimum absolute atomic E-state index is 0.129. The van der Waals surface area contributed by atoms with Gasteiger partial charge in [-0.3, -0.25) is 0 Å². The minimum atomic E-state index is -1.34. The van der Waals surface area contributed by atoms with Crippen LogP contribution in [0, 0.1) is 0 Å². The Bertz CT molecular complexity index is 1060. The number of rotatable bonds is 4. The molecular weight excluding hydrogens is 345 g/mol. The minimum Gasteiger partial charge on any atom is -0.351 e. The van der Waals surface area contributed by atoms with E-state index in [4.69, 9.17) is 11.6 Å². The van der Waals surface area contributed by atoms with E-state index >= 15 is 0 Å². The summed E-state index contributed by atoms with van der Waals surface area (Å²) in [7, 11) is 0. The van der Waals surface area contributed by atoms with Gasteiger partial charge in [0, 0.05) is 29.5 Å². The summed E-state index contributed by atoms with van der Waals surface area (Å²) in [6.45, 7) is 3.12. The summed E-state index contributed by atoms with van der Waals surface area (Å²) in [5.74, 6) is 0.369. The highest BCUT2D eigenvalue weighted by atomic mass is 35.5. The second-order valence-electron chi connectivity index (χ2n) is 6.30. The molecule has 0 saturated heterocycles. The number of H-pyrrole nitrogens is 1. The zero-order chi connectivity index (χ0) is 17.6. The van der Waals surface area contributed by atoms with E-state index in [2.05, 4.69) is 30.4 Å². The van der Waals surface area contributed by atoms with Crippen LogP contribution in [-0.2, 0) is 0 Å². The first-order valence-electron chi connectivity index (χ1n) is 7.68. The van der Waals surface area contributed by atoms with Gasteiger partial charge >= 0.3 is 0 Å². The Morgan fingerprint density at radius 3 is 2.96 bits per heavy atom. The van der Waals surface area contributed by atoms with E-state index in [1.165, 1.54) is 13.8 Å². The molecule has 4 aromatic heterocycles. The first kappa shape index (κ1) is 15.8. The Morgan fingerprint density at radius 2 is 2.16 bits per heavy atom. The van der Waals surface area contributed by atoms with Gasteiger partial charge in [-0.05, 0) is 19.9 Å². The van der Waals surface area contributed by atoms with Crippen molar-refractivity contribution < 1.29 is 4.39 Å². The fraction of sp³-hybridized carbons (Fsp3) is 0.250. The summed E-state index contributed by atoms with van der Waals surface area (Å²) in [6, 6.07) is 1.84. The van der Waals surface area contributed by atoms with Crippen molar-refractivity contribution in [2.24, 2.45) is 0 Å². The Kier molecular flexibility index (Phi) is 3.57. The van der Waals surface area contributed by atoms with Crippen LogP contribution in [-0.4, -0.2) is 41.8 Å². The molecule has 0 aliphatic rings. The van der Waals surface area contributed by atoms with E-state index in [1.54, 1.807) is 23.1 Å². The van der Waals surface area contributed by atoms with Crippen LogP contribution >= 0.6 is 11.6 Å². The van der Waals surface area contributed by atoms with Crippen molar-refractivity contribution in [2.75, 3.05) is 11.9 Å². The summed E-state index contributed by atoms with van der Waals surface area (Å²) in [5, 5.41) is 8.30. The van der Waals surface area contributed by atoms with Crippen molar-refractivity contribution in [2.45, 2.75) is 19.5 Å². The van der Waals surface area contributed by atoms with Crippen LogP contribution in [0.3, 0.4) is 0 Å². The molecule has 2 N–H and O–H groups in total. The number of nitrogens with one attached hydrogen (secondary N) is 2. The maximum Gasteiger partial charge on any atom is 0.224 e. The molecule has 4 rings (SSSR count). The number of hydrogen-bond acceptors (Lipinski definition) is 5. The van der Waals surface area contributed by atoms with Gasteiger partial charge in [0.05, 0.1) is 18.4 Å². The summed E-state index contributed by atoms with van der Waals surface area (Å²) >= 11 is 6.10. The van der Waals surface area contributed by atoms with Crippen LogP contribution in [0.4, 0.5) is 10.3 Å². The first-order valence-corrected chi connectivity index (χ1v) is 8.06. The molecule has 0 fully saturated rings. The van der Waals surface area contributed by atoms with Gasteiger partial charge in [0.25, 0.3) is 0 Å². The van der Waals surface area contributed by atoms with Gasteiger partial charge in [-0.25, -0.2) is 18.9 Å². The zero-order valence-corrected chi connectivity index (χ0v) is 14.3. The molecule has 0 bridgehead atoms. The molecular formula is C16H15ClFN7. The molecule has 4 aromatic rings. The molecule has 25 heavy (non-hydrogen) atoms. The monoisotopic (exact) mass is 359 g/mol. The number of aromatic amines is 1. The molecule has 7 nitrogen and oxygen atoms in total. The quantitative estimate of drug-likeness (QED) is 0.582. The third kappa shape index (κ3) is 3.00. The van der Waals surface area contributed by atoms with Crippen molar-refractivity contribution in [3.63, 3.8) is 0 Å². The normalized spacial score (nSPS) is 12.2. The largest absolute Gasteiger partial charge is 0.351 e. The number of anilines is 1. The topological polar surface area (TPSA) is 83.8 Å². The molecule has 0 aliphatic carbocycles. The highest BCUT2D eigenvalue weighted by Crippen LogP contribution is 2.27. The average molecular weight is 360 g/mol. The SMILES string of the molecule is CC(C)(F)CNc1ncc2c(-c3ccn4ncc(Cl)c4n3)c[nH]c2n1. The third-order valence-corrected chi connectivity index (χ3v) is 3.97. The van der Waals surface area contributed by atoms with Gasteiger partial charge in [-0.2, -0.15) is 10.1 Å². The molecule has 0 saturated carbocycles. The molecule has 0 aliphatic heterocycles. The van der Waals surface area contributed by atoms with Crippen molar-refractivity contribution in [3.05, 3.63) is 35.9 Å². The number of fused-ring (bicyclic) bond motifs is 2. The molecule has 128 valence electrons. The van der Waals surface area contributed by atoms with Crippen LogP contribution in [0.25, 0.3) is 27.9 Å². The van der Waals surface area contributed by atoms with Crippen LogP contribution in [0.5, 0.6) is 0 Å². The lowest BCUT2D eigenvalue weighted by Gasteiger charge is -2.14. The average Bonchev–Trinajstić information content (AvgIpc) is 3.15. The van der Waals surface area contributed by atoms with E-state index in [0.717, 1.165) is 16.6 Å². The van der Waals surface area contributed by atoms with E-state index in [0.29, 0.717) is 22.3 Å². The van der Waals surface area contributed by atoms with E-state index in [9.17, 15) is 4.39 Å². The van der Waals surface area contributed by atoms with Gasteiger partial charge in [-0.15, -0.1) is 0 Å². The molecule has 0 amide bonds. The maximum absolute atomic E-state index is 13.6. The van der Waals surface area contributed by atoms with E-state index in [-0.39, 0.29) is 6.54 Å². The Morgan fingerprint density at radius 1 is 1.32 bits per heavy atom. The van der Waals surface area contributed by atoms with Crippen LogP contribution in [0.1, 0.15) is 13.8 Å². The Hall–Kier alpha value is -2.74. The molecule has 0 aromatic carbocycles. The predicted molar refractivity (Wildman–Crippen MR) is 94.6 cm³/mol. The predicted octanol–water partition coefficient (Wildman–Crippen LogP) is 3.48. The number of aromatic nitrogens is 6. The fourth-order valence-electron chi connectivity index (χ4n) is 2.48. The van der Waals surface area contributed by atoms with Crippen molar-refractivity contribution in [1.82, 2.24) is 29.5 Å². The summed E-state index contributed by atoms with van der Waals surface area (Å²) in [4.78, 5) is 16.3. The van der Waals surface area contributed by atoms with Crippen molar-refractivity contribution in [1.29, 1.82) is 0 Å². The summed E-state index contributed by atoms with van der Waals surface area (Å²) < 4.78 is 15.2. The summed E-state index contributed by atoms with van der Waals surface area (Å²) in [6.07, 6.45) is 6.84. The van der Waals surface area contributed by atoms with Crippen LogP contribution in [0.2, 0.25) is 5.02 Å². The van der Waals surface area contributed by atoms with Crippen LogP contribution in [0.15, 0.2) is 30.9 Å². The van der Waals surface area contributed by atoms with E-state index in [1.807, 2.05) is 12.3 Å². The lowest BCUT2D eigenvalue weighted by atomic mass is 10.2. The highest BCUT2D eigenvalue weighted by molar-refractivity contribution is 6.33. The van der Waals surface area contributed by atoms with Gasteiger partial charge < -0.3 is 10.3 Å². The van der Waals surface area contributed by atoms with Crippen molar-refractivity contribution in [3.8, 4) is 11.3 Å². The van der Waals surface area contributed by atoms with Gasteiger partial charge in [0.1, 0.15) is 16.3 Å². The Labute approximate surface area is 147 Å². The number of alkyl halides is 1. The molecule has 0 spiro atoms. The standard InChI is InChI=1S/C16H15ClFN7/c1-16(2,18)8-21-15-20-6-10-9(5-19-13(10)24-15)12-3-4-25-14(23-12)11(17)7-22-25/h3-7H,8H2,1-2H3,(H2,19,20,21,24). The van der Waals surface area contributed by atoms with Gasteiger partial charge in [0.15, 0.2) is 5.65 Å². The molecule has 0 atom stereocenters. The lowest BCUT2D eigenvalue weighted by molar-refractivity contribution is 0.234. The van der Waals surface area contributed by atoms with Crippen LogP contribution < -0.4 is 5.32 Å². The third-order valence-electron chi connectivity index (χ3n) is 3.70. The lowest BCUT2D eigenvalue weighted by Crippen LogP contribution is -2.25. The Balaban J connectivity index is 1.71. The van der Waals surface area contributed by atoms with Gasteiger partial charge in [-0.1, -0.05) is 11.6 Å². The second-order valence-corrected chi connectivity index (χ2v) is 6.71. The maximum atomic E-state index is 13.6. The first-order chi connectivity index (χ1) is 11.9. The molecule has 9 heteroatoms.